The molecule has 5 atom stereocenters. The number of phenols is 1. The van der Waals surface area contributed by atoms with Crippen LogP contribution in [0, 0.1) is 23.6 Å². The van der Waals surface area contributed by atoms with Gasteiger partial charge in [0.25, 0.3) is 0 Å². The summed E-state index contributed by atoms with van der Waals surface area (Å²) in [5.74, 6) is 1.42. The fraction of sp³-hybridized carbons (Fsp3) is 0.647. The highest BCUT2D eigenvalue weighted by Crippen LogP contribution is 2.55. The predicted octanol–water partition coefficient (Wildman–Crippen LogP) is 3.36. The zero-order valence-corrected chi connectivity index (χ0v) is 11.6. The molecule has 0 unspecified atom stereocenters. The van der Waals surface area contributed by atoms with Crippen molar-refractivity contribution in [3.05, 3.63) is 29.1 Å². The number of benzene rings is 1. The summed E-state index contributed by atoms with van der Waals surface area (Å²) < 4.78 is 13.7. The third-order valence-corrected chi connectivity index (χ3v) is 6.07. The zero-order chi connectivity index (χ0) is 13.9. The van der Waals surface area contributed by atoms with E-state index in [-0.39, 0.29) is 11.9 Å². The Morgan fingerprint density at radius 1 is 0.950 bits per heavy atom. The van der Waals surface area contributed by atoms with Crippen molar-refractivity contribution in [1.82, 2.24) is 0 Å². The van der Waals surface area contributed by atoms with E-state index in [9.17, 15) is 14.6 Å². The van der Waals surface area contributed by atoms with Gasteiger partial charge in [0.15, 0.2) is 11.6 Å². The van der Waals surface area contributed by atoms with Crippen LogP contribution in [0.1, 0.15) is 49.1 Å². The van der Waals surface area contributed by atoms with Crippen molar-refractivity contribution in [3.63, 3.8) is 0 Å². The largest absolute Gasteiger partial charge is 0.505 e. The van der Waals surface area contributed by atoms with Gasteiger partial charge < -0.3 is 10.2 Å². The molecule has 0 heterocycles. The molecule has 0 saturated heterocycles. The Hall–Kier alpha value is -1.09. The van der Waals surface area contributed by atoms with E-state index < -0.39 is 5.82 Å². The molecule has 0 amide bonds. The first-order valence-electron chi connectivity index (χ1n) is 7.84. The molecule has 3 heteroatoms. The van der Waals surface area contributed by atoms with Gasteiger partial charge in [-0.05, 0) is 85.5 Å². The van der Waals surface area contributed by atoms with Crippen molar-refractivity contribution in [2.45, 2.75) is 50.5 Å². The van der Waals surface area contributed by atoms with Gasteiger partial charge in [0.1, 0.15) is 0 Å². The van der Waals surface area contributed by atoms with E-state index in [4.69, 9.17) is 0 Å². The Labute approximate surface area is 118 Å². The normalized spacial score (nSPS) is 39.0. The molecule has 0 aromatic heterocycles. The molecule has 3 aliphatic carbocycles. The van der Waals surface area contributed by atoms with Gasteiger partial charge in [0.2, 0.25) is 0 Å². The summed E-state index contributed by atoms with van der Waals surface area (Å²) in [7, 11) is 0. The second kappa shape index (κ2) is 4.45. The van der Waals surface area contributed by atoms with Gasteiger partial charge in [-0.25, -0.2) is 4.39 Å². The van der Waals surface area contributed by atoms with Crippen LogP contribution >= 0.6 is 0 Å². The third-order valence-electron chi connectivity index (χ3n) is 6.07. The summed E-state index contributed by atoms with van der Waals surface area (Å²) in [6, 6.07) is 3.18. The first-order chi connectivity index (χ1) is 9.65. The number of aromatic hydroxyl groups is 1. The zero-order valence-electron chi connectivity index (χ0n) is 11.6. The molecule has 1 aromatic carbocycles. The molecule has 2 fully saturated rings. The van der Waals surface area contributed by atoms with Crippen molar-refractivity contribution in [2.75, 3.05) is 0 Å². The minimum absolute atomic E-state index is 0.112. The van der Waals surface area contributed by atoms with Crippen LogP contribution in [0.15, 0.2) is 12.1 Å². The lowest BCUT2D eigenvalue weighted by atomic mass is 9.61. The van der Waals surface area contributed by atoms with Crippen LogP contribution in [0.2, 0.25) is 0 Å². The molecule has 0 bridgehead atoms. The Balaban J connectivity index is 1.71. The molecule has 3 aliphatic rings. The Bertz CT molecular complexity index is 542. The Morgan fingerprint density at radius 3 is 2.60 bits per heavy atom. The number of halogens is 1. The second-order valence-corrected chi connectivity index (χ2v) is 6.86. The van der Waals surface area contributed by atoms with Gasteiger partial charge in [-0.3, -0.25) is 0 Å². The SMILES string of the molecule is Oc1cc2c(cc1F)[C@H]1CC[C@H]3[C@@H](CC[C@@H]3O)[C@@H]1CC2. The topological polar surface area (TPSA) is 40.5 Å². The Morgan fingerprint density at radius 2 is 1.75 bits per heavy atom. The second-order valence-electron chi connectivity index (χ2n) is 6.86. The summed E-state index contributed by atoms with van der Waals surface area (Å²) >= 11 is 0. The van der Waals surface area contributed by atoms with Crippen LogP contribution < -0.4 is 0 Å². The van der Waals surface area contributed by atoms with E-state index in [1.807, 2.05) is 0 Å². The number of fused-ring (bicyclic) bond motifs is 5. The van der Waals surface area contributed by atoms with E-state index in [2.05, 4.69) is 0 Å². The highest BCUT2D eigenvalue weighted by atomic mass is 19.1. The summed E-state index contributed by atoms with van der Waals surface area (Å²) in [5, 5.41) is 19.6. The van der Waals surface area contributed by atoms with E-state index >= 15 is 0 Å². The summed E-state index contributed by atoms with van der Waals surface area (Å²) in [6.07, 6.45) is 6.13. The molecule has 1 aromatic rings. The first-order valence-corrected chi connectivity index (χ1v) is 7.84. The number of rotatable bonds is 0. The number of aliphatic hydroxyl groups excluding tert-OH is 1. The van der Waals surface area contributed by atoms with Crippen LogP contribution in [0.25, 0.3) is 0 Å². The smallest absolute Gasteiger partial charge is 0.165 e. The number of aryl methyl sites for hydroxylation is 1. The van der Waals surface area contributed by atoms with Crippen LogP contribution in [0.4, 0.5) is 4.39 Å². The van der Waals surface area contributed by atoms with Gasteiger partial charge in [0, 0.05) is 0 Å². The lowest BCUT2D eigenvalue weighted by molar-refractivity contribution is 0.0565. The van der Waals surface area contributed by atoms with Gasteiger partial charge in [-0.2, -0.15) is 0 Å². The van der Waals surface area contributed by atoms with Crippen molar-refractivity contribution >= 4 is 0 Å². The highest BCUT2D eigenvalue weighted by Gasteiger charge is 2.47. The predicted molar refractivity (Wildman–Crippen MR) is 74.1 cm³/mol. The van der Waals surface area contributed by atoms with Crippen molar-refractivity contribution in [3.8, 4) is 5.75 Å². The number of aliphatic hydroxyl groups is 1. The van der Waals surface area contributed by atoms with Crippen molar-refractivity contribution in [1.29, 1.82) is 0 Å². The monoisotopic (exact) mass is 276 g/mol. The van der Waals surface area contributed by atoms with Gasteiger partial charge in [0.05, 0.1) is 6.10 Å². The van der Waals surface area contributed by atoms with Crippen LogP contribution in [0.5, 0.6) is 5.75 Å². The molecule has 0 aliphatic heterocycles. The lowest BCUT2D eigenvalue weighted by Gasteiger charge is -2.44. The standard InChI is InChI=1S/C17H21FO2/c18-15-8-14-9(7-17(15)20)1-2-10-11-5-6-16(19)13(11)4-3-12(10)14/h7-8,10-13,16,19-20H,1-6H2/t10-,11-,12-,13-,16-/m0/s1. The lowest BCUT2D eigenvalue weighted by Crippen LogP contribution is -2.36. The molecule has 0 spiro atoms. The molecule has 2 nitrogen and oxygen atoms in total. The molecule has 4 rings (SSSR count). The maximum absolute atomic E-state index is 13.7. The van der Waals surface area contributed by atoms with E-state index in [0.717, 1.165) is 49.7 Å². The summed E-state index contributed by atoms with van der Waals surface area (Å²) in [6.45, 7) is 0. The Kier molecular flexibility index (Phi) is 2.81. The van der Waals surface area contributed by atoms with Crippen molar-refractivity contribution < 1.29 is 14.6 Å². The quantitative estimate of drug-likeness (QED) is 0.763. The van der Waals surface area contributed by atoms with Crippen LogP contribution in [-0.2, 0) is 6.42 Å². The maximum atomic E-state index is 13.7. The minimum atomic E-state index is -0.488. The van der Waals surface area contributed by atoms with Gasteiger partial charge >= 0.3 is 0 Å². The molecule has 108 valence electrons. The third kappa shape index (κ3) is 1.72. The van der Waals surface area contributed by atoms with Gasteiger partial charge in [-0.1, -0.05) is 0 Å². The van der Waals surface area contributed by atoms with E-state index in [1.165, 1.54) is 0 Å². The molecule has 2 saturated carbocycles. The minimum Gasteiger partial charge on any atom is -0.505 e. The fourth-order valence-electron chi connectivity index (χ4n) is 5.20. The first kappa shape index (κ1) is 12.6. The van der Waals surface area contributed by atoms with E-state index in [0.29, 0.717) is 23.7 Å². The van der Waals surface area contributed by atoms with Gasteiger partial charge in [-0.15, -0.1) is 0 Å². The molecular weight excluding hydrogens is 255 g/mol. The molecule has 20 heavy (non-hydrogen) atoms. The fourth-order valence-corrected chi connectivity index (χ4v) is 5.20. The highest BCUT2D eigenvalue weighted by molar-refractivity contribution is 5.41. The molecular formula is C17H21FO2. The molecule has 0 radical (unpaired) electrons. The summed E-state index contributed by atoms with van der Waals surface area (Å²) in [5.41, 5.74) is 2.25. The van der Waals surface area contributed by atoms with Crippen molar-refractivity contribution in [2.24, 2.45) is 17.8 Å². The average molecular weight is 276 g/mol. The number of phenolic OH excluding ortho intramolecular Hbond substituents is 1. The maximum Gasteiger partial charge on any atom is 0.165 e. The average Bonchev–Trinajstić information content (AvgIpc) is 2.82. The van der Waals surface area contributed by atoms with Crippen LogP contribution in [0.3, 0.4) is 0 Å². The number of hydrogen-bond acceptors (Lipinski definition) is 2. The van der Waals surface area contributed by atoms with E-state index in [1.54, 1.807) is 12.1 Å². The summed E-state index contributed by atoms with van der Waals surface area (Å²) in [4.78, 5) is 0. The number of hydrogen-bond donors (Lipinski definition) is 2. The molecule has 2 N–H and O–H groups in total. The van der Waals surface area contributed by atoms with Crippen LogP contribution in [-0.4, -0.2) is 16.3 Å².